The standard InChI is InChI=1S/C11H26N2/c1-4-7-10(12)11(13,8-5-2)9-6-3/h10H,4-9,12-13H2,1-3H3. The molecule has 0 radical (unpaired) electrons. The SMILES string of the molecule is CCCC(N)C(N)(CCC)CCC. The predicted octanol–water partition coefficient (Wildman–Crippen LogP) is 2.41. The van der Waals surface area contributed by atoms with Gasteiger partial charge in [-0.05, 0) is 19.3 Å². The van der Waals surface area contributed by atoms with E-state index in [0.29, 0.717) is 0 Å². The maximum absolute atomic E-state index is 6.32. The highest BCUT2D eigenvalue weighted by Crippen LogP contribution is 2.22. The van der Waals surface area contributed by atoms with Crippen LogP contribution in [0.15, 0.2) is 0 Å². The summed E-state index contributed by atoms with van der Waals surface area (Å²) < 4.78 is 0. The minimum absolute atomic E-state index is 0.112. The molecule has 0 saturated carbocycles. The Bertz CT molecular complexity index is 117. The molecule has 0 spiro atoms. The van der Waals surface area contributed by atoms with Gasteiger partial charge in [0.25, 0.3) is 0 Å². The van der Waals surface area contributed by atoms with E-state index in [4.69, 9.17) is 11.5 Å². The molecule has 0 fully saturated rings. The largest absolute Gasteiger partial charge is 0.326 e. The zero-order chi connectivity index (χ0) is 10.3. The highest BCUT2D eigenvalue weighted by molar-refractivity contribution is 4.93. The minimum atomic E-state index is -0.112. The third-order valence-electron chi connectivity index (χ3n) is 2.77. The topological polar surface area (TPSA) is 52.0 Å². The molecule has 0 aliphatic heterocycles. The fourth-order valence-corrected chi connectivity index (χ4v) is 2.03. The number of hydrogen-bond donors (Lipinski definition) is 2. The van der Waals surface area contributed by atoms with Crippen LogP contribution in [0.2, 0.25) is 0 Å². The van der Waals surface area contributed by atoms with Crippen molar-refractivity contribution in [1.82, 2.24) is 0 Å². The molecular formula is C11H26N2. The molecule has 0 rings (SSSR count). The van der Waals surface area contributed by atoms with Crippen molar-refractivity contribution >= 4 is 0 Å². The second-order valence-electron chi connectivity index (χ2n) is 4.13. The van der Waals surface area contributed by atoms with Gasteiger partial charge >= 0.3 is 0 Å². The highest BCUT2D eigenvalue weighted by Gasteiger charge is 2.29. The van der Waals surface area contributed by atoms with Gasteiger partial charge in [-0.1, -0.05) is 40.0 Å². The first-order valence-electron chi connectivity index (χ1n) is 5.65. The fourth-order valence-electron chi connectivity index (χ4n) is 2.03. The van der Waals surface area contributed by atoms with E-state index in [1.54, 1.807) is 0 Å². The second-order valence-corrected chi connectivity index (χ2v) is 4.13. The average Bonchev–Trinajstić information content (AvgIpc) is 2.05. The van der Waals surface area contributed by atoms with Gasteiger partial charge in [-0.15, -0.1) is 0 Å². The Balaban J connectivity index is 4.18. The van der Waals surface area contributed by atoms with Gasteiger partial charge in [0, 0.05) is 11.6 Å². The maximum atomic E-state index is 6.32. The van der Waals surface area contributed by atoms with Crippen molar-refractivity contribution < 1.29 is 0 Å². The van der Waals surface area contributed by atoms with Crippen LogP contribution in [-0.2, 0) is 0 Å². The molecule has 1 atom stereocenters. The Kier molecular flexibility index (Phi) is 6.35. The van der Waals surface area contributed by atoms with E-state index >= 15 is 0 Å². The van der Waals surface area contributed by atoms with Crippen LogP contribution in [0.4, 0.5) is 0 Å². The molecule has 0 aliphatic carbocycles. The van der Waals surface area contributed by atoms with E-state index in [1.165, 1.54) is 0 Å². The molecule has 80 valence electrons. The lowest BCUT2D eigenvalue weighted by Crippen LogP contribution is -2.55. The van der Waals surface area contributed by atoms with Gasteiger partial charge in [0.1, 0.15) is 0 Å². The number of hydrogen-bond acceptors (Lipinski definition) is 2. The van der Waals surface area contributed by atoms with Crippen LogP contribution in [0.5, 0.6) is 0 Å². The van der Waals surface area contributed by atoms with E-state index in [1.807, 2.05) is 0 Å². The van der Waals surface area contributed by atoms with Crippen LogP contribution >= 0.6 is 0 Å². The lowest BCUT2D eigenvalue weighted by molar-refractivity contribution is 0.280. The summed E-state index contributed by atoms with van der Waals surface area (Å²) in [5.41, 5.74) is 12.3. The lowest BCUT2D eigenvalue weighted by Gasteiger charge is -2.35. The molecule has 0 saturated heterocycles. The van der Waals surface area contributed by atoms with E-state index in [-0.39, 0.29) is 11.6 Å². The van der Waals surface area contributed by atoms with Gasteiger partial charge < -0.3 is 11.5 Å². The Morgan fingerprint density at radius 2 is 1.46 bits per heavy atom. The second kappa shape index (κ2) is 6.39. The Labute approximate surface area is 83.1 Å². The summed E-state index contributed by atoms with van der Waals surface area (Å²) in [6.45, 7) is 6.52. The summed E-state index contributed by atoms with van der Waals surface area (Å²) >= 11 is 0. The molecule has 0 aromatic carbocycles. The summed E-state index contributed by atoms with van der Waals surface area (Å²) in [5.74, 6) is 0. The monoisotopic (exact) mass is 186 g/mol. The Morgan fingerprint density at radius 1 is 1.00 bits per heavy atom. The van der Waals surface area contributed by atoms with Gasteiger partial charge in [-0.2, -0.15) is 0 Å². The molecule has 0 aliphatic rings. The molecule has 1 unspecified atom stereocenters. The molecule has 2 nitrogen and oxygen atoms in total. The van der Waals surface area contributed by atoms with Crippen molar-refractivity contribution in [2.75, 3.05) is 0 Å². The molecule has 0 aromatic rings. The number of nitrogens with two attached hydrogens (primary N) is 2. The van der Waals surface area contributed by atoms with Crippen LogP contribution in [0.25, 0.3) is 0 Å². The number of rotatable bonds is 7. The molecule has 4 N–H and O–H groups in total. The highest BCUT2D eigenvalue weighted by atomic mass is 14.8. The van der Waals surface area contributed by atoms with Crippen LogP contribution in [0, 0.1) is 0 Å². The first-order valence-corrected chi connectivity index (χ1v) is 5.65. The summed E-state index contributed by atoms with van der Waals surface area (Å²) in [6.07, 6.45) is 6.57. The molecule has 0 aromatic heterocycles. The van der Waals surface area contributed by atoms with E-state index < -0.39 is 0 Å². The zero-order valence-corrected chi connectivity index (χ0v) is 9.47. The van der Waals surface area contributed by atoms with Crippen LogP contribution in [0.3, 0.4) is 0 Å². The fraction of sp³-hybridized carbons (Fsp3) is 1.00. The maximum Gasteiger partial charge on any atom is 0.0307 e. The van der Waals surface area contributed by atoms with Gasteiger partial charge in [0.2, 0.25) is 0 Å². The molecule has 2 heteroatoms. The van der Waals surface area contributed by atoms with Crippen molar-refractivity contribution in [2.45, 2.75) is 70.9 Å². The van der Waals surface area contributed by atoms with Gasteiger partial charge in [0.15, 0.2) is 0 Å². The molecule has 0 heterocycles. The van der Waals surface area contributed by atoms with E-state index in [2.05, 4.69) is 20.8 Å². The van der Waals surface area contributed by atoms with Crippen molar-refractivity contribution in [3.05, 3.63) is 0 Å². The molecular weight excluding hydrogens is 160 g/mol. The summed E-state index contributed by atoms with van der Waals surface area (Å²) in [7, 11) is 0. The third kappa shape index (κ3) is 4.10. The lowest BCUT2D eigenvalue weighted by atomic mass is 9.81. The summed E-state index contributed by atoms with van der Waals surface area (Å²) in [4.78, 5) is 0. The van der Waals surface area contributed by atoms with Gasteiger partial charge in [-0.3, -0.25) is 0 Å². The zero-order valence-electron chi connectivity index (χ0n) is 9.47. The Hall–Kier alpha value is -0.0800. The molecule has 0 amide bonds. The van der Waals surface area contributed by atoms with Crippen LogP contribution < -0.4 is 11.5 Å². The van der Waals surface area contributed by atoms with Gasteiger partial charge in [-0.25, -0.2) is 0 Å². The van der Waals surface area contributed by atoms with Gasteiger partial charge in [0.05, 0.1) is 0 Å². The summed E-state index contributed by atoms with van der Waals surface area (Å²) in [5, 5.41) is 0. The quantitative estimate of drug-likeness (QED) is 0.641. The van der Waals surface area contributed by atoms with Crippen molar-refractivity contribution in [3.8, 4) is 0 Å². The first kappa shape index (κ1) is 12.9. The summed E-state index contributed by atoms with van der Waals surface area (Å²) in [6, 6.07) is 0.178. The van der Waals surface area contributed by atoms with E-state index in [9.17, 15) is 0 Å². The average molecular weight is 186 g/mol. The predicted molar refractivity (Wildman–Crippen MR) is 59.6 cm³/mol. The molecule has 0 bridgehead atoms. The van der Waals surface area contributed by atoms with Crippen LogP contribution in [0.1, 0.15) is 59.3 Å². The normalized spacial score (nSPS) is 14.5. The molecule has 13 heavy (non-hydrogen) atoms. The smallest absolute Gasteiger partial charge is 0.0307 e. The van der Waals surface area contributed by atoms with Crippen molar-refractivity contribution in [1.29, 1.82) is 0 Å². The van der Waals surface area contributed by atoms with Crippen molar-refractivity contribution in [3.63, 3.8) is 0 Å². The minimum Gasteiger partial charge on any atom is -0.326 e. The Morgan fingerprint density at radius 3 is 1.77 bits per heavy atom. The van der Waals surface area contributed by atoms with Crippen molar-refractivity contribution in [2.24, 2.45) is 11.5 Å². The van der Waals surface area contributed by atoms with Crippen LogP contribution in [-0.4, -0.2) is 11.6 Å². The third-order valence-corrected chi connectivity index (χ3v) is 2.77. The van der Waals surface area contributed by atoms with E-state index in [0.717, 1.165) is 38.5 Å². The first-order chi connectivity index (χ1) is 6.10.